The van der Waals surface area contributed by atoms with Crippen LogP contribution in [0.25, 0.3) is 0 Å². The highest BCUT2D eigenvalue weighted by atomic mass is 16.8. The van der Waals surface area contributed by atoms with Gasteiger partial charge in [-0.25, -0.2) is 0 Å². The Morgan fingerprint density at radius 2 is 0.918 bits per heavy atom. The van der Waals surface area contributed by atoms with E-state index in [0.29, 0.717) is 0 Å². The Labute approximate surface area is 346 Å². The van der Waals surface area contributed by atoms with Crippen molar-refractivity contribution in [1.82, 2.24) is 10.6 Å². The van der Waals surface area contributed by atoms with Gasteiger partial charge in [0, 0.05) is 13.8 Å². The molecule has 0 unspecified atom stereocenters. The van der Waals surface area contributed by atoms with Gasteiger partial charge in [0.25, 0.3) is 0 Å². The molecule has 5 rings (SSSR count). The van der Waals surface area contributed by atoms with Crippen LogP contribution in [0.3, 0.4) is 0 Å². The summed E-state index contributed by atoms with van der Waals surface area (Å²) in [6, 6.07) is -3.10. The van der Waals surface area contributed by atoms with E-state index in [1.165, 1.54) is 6.92 Å². The summed E-state index contributed by atoms with van der Waals surface area (Å²) in [5, 5.41) is 152. The zero-order chi connectivity index (χ0) is 45.2. The Balaban J connectivity index is 1.38. The van der Waals surface area contributed by atoms with Crippen LogP contribution in [-0.4, -0.2) is 263 Å². The molecule has 0 bridgehead atoms. The summed E-state index contributed by atoms with van der Waals surface area (Å²) in [4.78, 5) is 24.5. The predicted octanol–water partition coefficient (Wildman–Crippen LogP) is -10.6. The summed E-state index contributed by atoms with van der Waals surface area (Å²) in [6.45, 7) is 0.0682. The van der Waals surface area contributed by atoms with E-state index in [9.17, 15) is 81.1 Å². The number of ether oxygens (including phenoxy) is 9. The summed E-state index contributed by atoms with van der Waals surface area (Å²) in [7, 11) is 0. The molecule has 0 radical (unpaired) electrons. The molecule has 27 nitrogen and oxygen atoms in total. The average molecular weight is 895 g/mol. The molecular formula is C34H58N2O25. The number of aliphatic hydroxyl groups is 14. The lowest BCUT2D eigenvalue weighted by molar-refractivity contribution is -0.377. The van der Waals surface area contributed by atoms with Crippen molar-refractivity contribution >= 4 is 11.8 Å². The van der Waals surface area contributed by atoms with Crippen LogP contribution in [0.4, 0.5) is 0 Å². The second-order valence-corrected chi connectivity index (χ2v) is 15.4. The van der Waals surface area contributed by atoms with Crippen LogP contribution < -0.4 is 10.6 Å². The Hall–Kier alpha value is -1.98. The van der Waals surface area contributed by atoms with E-state index in [4.69, 9.17) is 42.6 Å². The lowest BCUT2D eigenvalue weighted by Gasteiger charge is -2.50. The molecule has 0 aromatic heterocycles. The van der Waals surface area contributed by atoms with Gasteiger partial charge in [-0.3, -0.25) is 9.59 Å². The zero-order valence-electron chi connectivity index (χ0n) is 33.0. The van der Waals surface area contributed by atoms with E-state index >= 15 is 0 Å². The Morgan fingerprint density at radius 3 is 1.49 bits per heavy atom. The van der Waals surface area contributed by atoms with Crippen LogP contribution in [0.1, 0.15) is 20.8 Å². The molecule has 0 aliphatic carbocycles. The third kappa shape index (κ3) is 10.9. The first-order chi connectivity index (χ1) is 28.7. The van der Waals surface area contributed by atoms with Gasteiger partial charge < -0.3 is 125 Å². The molecule has 25 atom stereocenters. The van der Waals surface area contributed by atoms with E-state index in [-0.39, 0.29) is 0 Å². The van der Waals surface area contributed by atoms with Crippen LogP contribution in [0.5, 0.6) is 0 Å². The normalized spacial score (nSPS) is 49.6. The maximum atomic E-state index is 12.7. The summed E-state index contributed by atoms with van der Waals surface area (Å²) in [5.74, 6) is -1.48. The Kier molecular flexibility index (Phi) is 17.5. The molecule has 5 aliphatic rings. The molecule has 5 saturated heterocycles. The van der Waals surface area contributed by atoms with Crippen LogP contribution >= 0.6 is 0 Å². The smallest absolute Gasteiger partial charge is 0.217 e. The first kappa shape index (κ1) is 50.0. The van der Waals surface area contributed by atoms with Gasteiger partial charge in [0.05, 0.1) is 32.5 Å². The standard InChI is InChI=1S/C34H58N2O25/c1-8-17(42)22(47)25(50)33(54-8)60-28-16(36-10(3)41)31(58-13(6-39)27(28)59-34-26(51)23(48)19(44)12(5-38)57-34)53-7-14-20(45)24(49)29(30(52)55-14)61-32-15(35-9(2)40)21(46)18(43)11(4-37)56-32/h8,11-34,37-39,42-52H,4-7H2,1-3H3,(H,35,40)(H,36,41)/t8-,11+,12+,13+,14+,15+,16+,17+,18+,19-,20+,21+,22+,23-,24-,25-,26+,27+,28+,29-,30-,31+,32-,33-,34-/m0/s1. The molecule has 0 aromatic rings. The molecule has 61 heavy (non-hydrogen) atoms. The second-order valence-electron chi connectivity index (χ2n) is 15.4. The number of carbonyl (C=O) groups excluding carboxylic acids is 2. The number of amides is 2. The fourth-order valence-electron chi connectivity index (χ4n) is 7.66. The molecule has 5 fully saturated rings. The zero-order valence-corrected chi connectivity index (χ0v) is 33.0. The number of hydrogen-bond acceptors (Lipinski definition) is 25. The van der Waals surface area contributed by atoms with Crippen molar-refractivity contribution < 1.29 is 124 Å². The van der Waals surface area contributed by atoms with Crippen molar-refractivity contribution in [3.05, 3.63) is 0 Å². The number of nitrogens with one attached hydrogen (secondary N) is 2. The van der Waals surface area contributed by atoms with Gasteiger partial charge in [-0.05, 0) is 6.92 Å². The molecule has 5 aliphatic heterocycles. The van der Waals surface area contributed by atoms with E-state index in [2.05, 4.69) is 10.6 Å². The highest BCUT2D eigenvalue weighted by Gasteiger charge is 2.56. The monoisotopic (exact) mass is 894 g/mol. The third-order valence-corrected chi connectivity index (χ3v) is 11.1. The van der Waals surface area contributed by atoms with Crippen LogP contribution in [-0.2, 0) is 52.2 Å². The highest BCUT2D eigenvalue weighted by Crippen LogP contribution is 2.35. The number of carbonyl (C=O) groups is 2. The molecule has 27 heteroatoms. The van der Waals surface area contributed by atoms with Gasteiger partial charge in [0.2, 0.25) is 11.8 Å². The van der Waals surface area contributed by atoms with Gasteiger partial charge in [-0.15, -0.1) is 0 Å². The van der Waals surface area contributed by atoms with Crippen molar-refractivity contribution in [2.45, 2.75) is 174 Å². The maximum absolute atomic E-state index is 12.7. The minimum atomic E-state index is -2.10. The van der Waals surface area contributed by atoms with Crippen molar-refractivity contribution in [2.24, 2.45) is 0 Å². The second kappa shape index (κ2) is 21.3. The fourth-order valence-corrected chi connectivity index (χ4v) is 7.66. The molecule has 16 N–H and O–H groups in total. The van der Waals surface area contributed by atoms with Gasteiger partial charge in [0.15, 0.2) is 31.5 Å². The van der Waals surface area contributed by atoms with E-state index in [1.807, 2.05) is 0 Å². The SMILES string of the molecule is CC(=O)N[C@H]1[C@H](O[C@H]2[C@@H](O)[C@H](O)[C@@H](CO[C@@H]3O[C@H](CO)[C@@H](O[C@@H]4O[C@H](CO)[C@H](O)[C@H](O)[C@H]4O)[C@H](O[C@@H]4O[C@@H](C)[C@@H](O)[C@@H](O)[C@@H]4O)[C@H]3NC(C)=O)O[C@@H]2O)O[C@H](CO)[C@@H](O)[C@@H]1O. The number of rotatable bonds is 14. The largest absolute Gasteiger partial charge is 0.394 e. The molecule has 2 amide bonds. The fraction of sp³-hybridized carbons (Fsp3) is 0.941. The first-order valence-corrected chi connectivity index (χ1v) is 19.4. The van der Waals surface area contributed by atoms with Crippen molar-refractivity contribution in [1.29, 1.82) is 0 Å². The first-order valence-electron chi connectivity index (χ1n) is 19.4. The van der Waals surface area contributed by atoms with Crippen LogP contribution in [0.15, 0.2) is 0 Å². The molecule has 354 valence electrons. The van der Waals surface area contributed by atoms with Crippen molar-refractivity contribution in [2.75, 3.05) is 26.4 Å². The Bertz CT molecular complexity index is 1420. The van der Waals surface area contributed by atoms with Crippen LogP contribution in [0, 0.1) is 0 Å². The lowest BCUT2D eigenvalue weighted by atomic mass is 9.94. The predicted molar refractivity (Wildman–Crippen MR) is 188 cm³/mol. The average Bonchev–Trinajstić information content (AvgIpc) is 3.22. The summed E-state index contributed by atoms with van der Waals surface area (Å²) in [5.41, 5.74) is 0. The van der Waals surface area contributed by atoms with E-state index in [0.717, 1.165) is 13.8 Å². The minimum Gasteiger partial charge on any atom is -0.394 e. The summed E-state index contributed by atoms with van der Waals surface area (Å²) < 4.78 is 51.6. The highest BCUT2D eigenvalue weighted by molar-refractivity contribution is 5.73. The molecular weight excluding hydrogens is 836 g/mol. The van der Waals surface area contributed by atoms with Gasteiger partial charge >= 0.3 is 0 Å². The molecule has 5 heterocycles. The maximum Gasteiger partial charge on any atom is 0.217 e. The van der Waals surface area contributed by atoms with Gasteiger partial charge in [-0.2, -0.15) is 0 Å². The molecule has 0 aromatic carbocycles. The van der Waals surface area contributed by atoms with Crippen molar-refractivity contribution in [3.63, 3.8) is 0 Å². The summed E-state index contributed by atoms with van der Waals surface area (Å²) in [6.07, 6.45) is -40.4. The van der Waals surface area contributed by atoms with E-state index < -0.39 is 192 Å². The third-order valence-electron chi connectivity index (χ3n) is 11.1. The topological polar surface area (TPSA) is 424 Å². The van der Waals surface area contributed by atoms with Gasteiger partial charge in [-0.1, -0.05) is 0 Å². The molecule has 0 saturated carbocycles. The quantitative estimate of drug-likeness (QED) is 0.0770. The molecule has 0 spiro atoms. The lowest BCUT2D eigenvalue weighted by Crippen LogP contribution is -2.70. The van der Waals surface area contributed by atoms with Gasteiger partial charge in [0.1, 0.15) is 116 Å². The Morgan fingerprint density at radius 1 is 0.459 bits per heavy atom. The van der Waals surface area contributed by atoms with Crippen LogP contribution in [0.2, 0.25) is 0 Å². The number of hydrogen-bond donors (Lipinski definition) is 16. The summed E-state index contributed by atoms with van der Waals surface area (Å²) >= 11 is 0. The van der Waals surface area contributed by atoms with E-state index in [1.54, 1.807) is 0 Å². The minimum absolute atomic E-state index is 0.701. The van der Waals surface area contributed by atoms with Crippen molar-refractivity contribution in [3.8, 4) is 0 Å². The number of aliphatic hydroxyl groups excluding tert-OH is 14.